The van der Waals surface area contributed by atoms with Crippen LogP contribution in [0, 0.1) is 23.2 Å². The number of carbonyl (C=O) groups is 2. The summed E-state index contributed by atoms with van der Waals surface area (Å²) in [7, 11) is 0. The largest absolute Gasteiger partial charge is 0.295 e. The smallest absolute Gasteiger partial charge is 0.162 e. The fourth-order valence-corrected chi connectivity index (χ4v) is 5.78. The van der Waals surface area contributed by atoms with Crippen LogP contribution in [0.1, 0.15) is 64.2 Å². The number of hydrogen-bond acceptors (Lipinski definition) is 2. The van der Waals surface area contributed by atoms with E-state index in [1.54, 1.807) is 6.08 Å². The van der Waals surface area contributed by atoms with Gasteiger partial charge in [0.25, 0.3) is 0 Å². The molecule has 5 aliphatic carbocycles. The molecule has 0 atom stereocenters. The highest BCUT2D eigenvalue weighted by Gasteiger charge is 2.53. The van der Waals surface area contributed by atoms with Gasteiger partial charge in [-0.1, -0.05) is 0 Å². The molecule has 0 unspecified atom stereocenters. The molecule has 5 rings (SSSR count). The standard InChI is InChI=1S/C18H24O2/c19-16-4-2-1-3-15(16)8-17(20)18-9-12-5-13(10-18)7-14(6-12)11-18/h8,12-14H,1-7,9-11H2. The zero-order valence-corrected chi connectivity index (χ0v) is 12.2. The number of rotatable bonds is 2. The van der Waals surface area contributed by atoms with E-state index in [2.05, 4.69) is 0 Å². The maximum atomic E-state index is 12.9. The zero-order chi connectivity index (χ0) is 13.7. The van der Waals surface area contributed by atoms with Crippen molar-refractivity contribution in [1.29, 1.82) is 0 Å². The van der Waals surface area contributed by atoms with Crippen molar-refractivity contribution in [3.63, 3.8) is 0 Å². The first-order chi connectivity index (χ1) is 9.64. The van der Waals surface area contributed by atoms with Crippen LogP contribution in [0.25, 0.3) is 0 Å². The van der Waals surface area contributed by atoms with Crippen LogP contribution in [-0.2, 0) is 9.59 Å². The SMILES string of the molecule is O=C1CCCCC1=CC(=O)C12CC3CC(CC(C3)C1)C2. The van der Waals surface area contributed by atoms with Gasteiger partial charge in [0.2, 0.25) is 0 Å². The Morgan fingerprint density at radius 1 is 0.950 bits per heavy atom. The maximum absolute atomic E-state index is 12.9. The number of allylic oxidation sites excluding steroid dienone is 2. The highest BCUT2D eigenvalue weighted by molar-refractivity contribution is 6.05. The summed E-state index contributed by atoms with van der Waals surface area (Å²) < 4.78 is 0. The molecule has 0 aromatic heterocycles. The minimum Gasteiger partial charge on any atom is -0.295 e. The van der Waals surface area contributed by atoms with Gasteiger partial charge in [-0.2, -0.15) is 0 Å². The Bertz CT molecular complexity index is 450. The Kier molecular flexibility index (Phi) is 2.90. The molecule has 2 nitrogen and oxygen atoms in total. The lowest BCUT2D eigenvalue weighted by Crippen LogP contribution is -2.49. The lowest BCUT2D eigenvalue weighted by Gasteiger charge is -2.55. The third kappa shape index (κ3) is 1.99. The molecule has 0 aliphatic heterocycles. The van der Waals surface area contributed by atoms with Crippen molar-refractivity contribution in [3.05, 3.63) is 11.6 Å². The number of carbonyl (C=O) groups excluding carboxylic acids is 2. The first kappa shape index (κ1) is 12.8. The van der Waals surface area contributed by atoms with Crippen molar-refractivity contribution >= 4 is 11.6 Å². The van der Waals surface area contributed by atoms with Crippen molar-refractivity contribution < 1.29 is 9.59 Å². The molecule has 0 aromatic rings. The molecule has 20 heavy (non-hydrogen) atoms. The third-order valence-corrected chi connectivity index (χ3v) is 6.32. The van der Waals surface area contributed by atoms with Gasteiger partial charge in [0.15, 0.2) is 11.6 Å². The van der Waals surface area contributed by atoms with Crippen molar-refractivity contribution in [1.82, 2.24) is 0 Å². The predicted molar refractivity (Wildman–Crippen MR) is 77.2 cm³/mol. The Morgan fingerprint density at radius 2 is 1.50 bits per heavy atom. The number of hydrogen-bond donors (Lipinski definition) is 0. The fraction of sp³-hybridized carbons (Fsp3) is 0.778. The van der Waals surface area contributed by atoms with Crippen LogP contribution in [0.4, 0.5) is 0 Å². The van der Waals surface area contributed by atoms with E-state index in [9.17, 15) is 9.59 Å². The van der Waals surface area contributed by atoms with E-state index in [1.165, 1.54) is 19.3 Å². The van der Waals surface area contributed by atoms with Gasteiger partial charge < -0.3 is 0 Å². The summed E-state index contributed by atoms with van der Waals surface area (Å²) in [6.07, 6.45) is 12.7. The number of Topliss-reactive ketones (excluding diaryl/α,β-unsaturated/α-hetero) is 1. The Morgan fingerprint density at radius 3 is 2.05 bits per heavy atom. The maximum Gasteiger partial charge on any atom is 0.162 e. The van der Waals surface area contributed by atoms with E-state index < -0.39 is 0 Å². The molecule has 2 heteroatoms. The van der Waals surface area contributed by atoms with Crippen LogP contribution < -0.4 is 0 Å². The molecule has 0 amide bonds. The van der Waals surface area contributed by atoms with E-state index >= 15 is 0 Å². The van der Waals surface area contributed by atoms with Gasteiger partial charge in [0.1, 0.15) is 0 Å². The van der Waals surface area contributed by atoms with E-state index in [4.69, 9.17) is 0 Å². The van der Waals surface area contributed by atoms with Crippen LogP contribution in [0.2, 0.25) is 0 Å². The van der Waals surface area contributed by atoms with E-state index in [0.717, 1.165) is 61.9 Å². The summed E-state index contributed by atoms with van der Waals surface area (Å²) in [4.78, 5) is 24.8. The summed E-state index contributed by atoms with van der Waals surface area (Å²) >= 11 is 0. The molecular weight excluding hydrogens is 248 g/mol. The van der Waals surface area contributed by atoms with E-state index in [0.29, 0.717) is 12.2 Å². The molecule has 0 radical (unpaired) electrons. The molecule has 0 heterocycles. The Hall–Kier alpha value is -0.920. The summed E-state index contributed by atoms with van der Waals surface area (Å²) in [6.45, 7) is 0. The quantitative estimate of drug-likeness (QED) is 0.716. The lowest BCUT2D eigenvalue weighted by molar-refractivity contribution is -0.138. The predicted octanol–water partition coefficient (Wildman–Crippen LogP) is 3.84. The van der Waals surface area contributed by atoms with E-state index in [1.807, 2.05) is 0 Å². The minimum atomic E-state index is -0.0700. The summed E-state index contributed by atoms with van der Waals surface area (Å²) in [5.74, 6) is 2.93. The van der Waals surface area contributed by atoms with Gasteiger partial charge in [-0.15, -0.1) is 0 Å². The molecule has 108 valence electrons. The molecule has 4 bridgehead atoms. The monoisotopic (exact) mass is 272 g/mol. The van der Waals surface area contributed by atoms with Gasteiger partial charge >= 0.3 is 0 Å². The van der Waals surface area contributed by atoms with Crippen molar-refractivity contribution in [2.45, 2.75) is 64.2 Å². The second kappa shape index (κ2) is 4.54. The topological polar surface area (TPSA) is 34.1 Å². The average Bonchev–Trinajstić information content (AvgIpc) is 2.40. The van der Waals surface area contributed by atoms with E-state index in [-0.39, 0.29) is 11.2 Å². The molecule has 5 aliphatic rings. The zero-order valence-electron chi connectivity index (χ0n) is 12.2. The molecule has 0 aromatic carbocycles. The lowest BCUT2D eigenvalue weighted by atomic mass is 9.48. The molecule has 0 saturated heterocycles. The highest BCUT2D eigenvalue weighted by atomic mass is 16.1. The van der Waals surface area contributed by atoms with Crippen molar-refractivity contribution in [3.8, 4) is 0 Å². The van der Waals surface area contributed by atoms with Gasteiger partial charge in [0, 0.05) is 11.8 Å². The first-order valence-corrected chi connectivity index (χ1v) is 8.43. The van der Waals surface area contributed by atoms with Crippen LogP contribution in [0.15, 0.2) is 11.6 Å². The van der Waals surface area contributed by atoms with Crippen LogP contribution >= 0.6 is 0 Å². The normalized spacial score (nSPS) is 45.1. The van der Waals surface area contributed by atoms with Gasteiger partial charge in [-0.3, -0.25) is 9.59 Å². The highest BCUT2D eigenvalue weighted by Crippen LogP contribution is 2.60. The molecular formula is C18H24O2. The second-order valence-corrected chi connectivity index (χ2v) is 7.86. The fourth-order valence-electron chi connectivity index (χ4n) is 5.78. The first-order valence-electron chi connectivity index (χ1n) is 8.43. The van der Waals surface area contributed by atoms with Gasteiger partial charge in [0.05, 0.1) is 0 Å². The summed E-state index contributed by atoms with van der Waals surface area (Å²) in [5.41, 5.74) is 0.761. The van der Waals surface area contributed by atoms with Crippen LogP contribution in [0.3, 0.4) is 0 Å². The summed E-state index contributed by atoms with van der Waals surface area (Å²) in [6, 6.07) is 0. The molecule has 5 saturated carbocycles. The van der Waals surface area contributed by atoms with Crippen LogP contribution in [-0.4, -0.2) is 11.6 Å². The molecule has 5 fully saturated rings. The molecule has 0 spiro atoms. The Labute approximate surface area is 121 Å². The average molecular weight is 272 g/mol. The number of ketones is 2. The Balaban J connectivity index is 1.59. The molecule has 0 N–H and O–H groups in total. The van der Waals surface area contributed by atoms with Crippen LogP contribution in [0.5, 0.6) is 0 Å². The van der Waals surface area contributed by atoms with Gasteiger partial charge in [-0.25, -0.2) is 0 Å². The minimum absolute atomic E-state index is 0.0700. The summed E-state index contributed by atoms with van der Waals surface area (Å²) in [5, 5.41) is 0. The van der Waals surface area contributed by atoms with Crippen molar-refractivity contribution in [2.75, 3.05) is 0 Å². The van der Waals surface area contributed by atoms with Gasteiger partial charge in [-0.05, 0) is 87.2 Å². The van der Waals surface area contributed by atoms with Crippen molar-refractivity contribution in [2.24, 2.45) is 23.2 Å². The second-order valence-electron chi connectivity index (χ2n) is 7.86. The third-order valence-electron chi connectivity index (χ3n) is 6.32.